The topological polar surface area (TPSA) is 89.2 Å². The molecule has 0 atom stereocenters. The molecule has 0 fully saturated rings. The van der Waals surface area contributed by atoms with Gasteiger partial charge in [-0.3, -0.25) is 20.4 Å². The molecule has 0 spiro atoms. The Hall–Kier alpha value is -2.09. The number of carbonyl (C=O) groups is 2. The first kappa shape index (κ1) is 13.3. The van der Waals surface area contributed by atoms with Gasteiger partial charge in [-0.25, -0.2) is 0 Å². The number of nitrogens with zero attached hydrogens (tertiary/aromatic N) is 2. The second-order valence-corrected chi connectivity index (χ2v) is 4.80. The molecule has 2 heterocycles. The van der Waals surface area contributed by atoms with Gasteiger partial charge in [-0.05, 0) is 28.9 Å². The number of hydrogen-bond acceptors (Lipinski definition) is 4. The van der Waals surface area contributed by atoms with Gasteiger partial charge in [0.25, 0.3) is 11.8 Å². The summed E-state index contributed by atoms with van der Waals surface area (Å²) in [5.74, 6) is -0.455. The number of nitrogens with one attached hydrogen (secondary N) is 2. The molecule has 2 N–H and O–H groups in total. The molecule has 0 saturated carbocycles. The van der Waals surface area contributed by atoms with Crippen molar-refractivity contribution in [1.82, 2.24) is 20.6 Å². The normalized spacial score (nSPS) is 10.3. The SMILES string of the molecule is Cc1cc(C(=O)NNC(=O)c2cc(Br)cn2C)no1. The summed E-state index contributed by atoms with van der Waals surface area (Å²) in [5, 5.41) is 3.54. The van der Waals surface area contributed by atoms with Crippen LogP contribution in [0.4, 0.5) is 0 Å². The van der Waals surface area contributed by atoms with E-state index in [1.54, 1.807) is 30.8 Å². The number of carbonyl (C=O) groups excluding carboxylic acids is 2. The van der Waals surface area contributed by atoms with E-state index in [1.165, 1.54) is 6.07 Å². The van der Waals surface area contributed by atoms with E-state index in [0.717, 1.165) is 4.47 Å². The molecule has 0 radical (unpaired) electrons. The Labute approximate surface area is 117 Å². The molecular weight excluding hydrogens is 316 g/mol. The minimum atomic E-state index is -0.543. The van der Waals surface area contributed by atoms with Gasteiger partial charge in [0.05, 0.1) is 0 Å². The van der Waals surface area contributed by atoms with E-state index in [0.29, 0.717) is 11.5 Å². The summed E-state index contributed by atoms with van der Waals surface area (Å²) < 4.78 is 7.17. The van der Waals surface area contributed by atoms with Gasteiger partial charge in [0, 0.05) is 23.8 Å². The molecule has 19 heavy (non-hydrogen) atoms. The van der Waals surface area contributed by atoms with Crippen LogP contribution in [0, 0.1) is 6.92 Å². The lowest BCUT2D eigenvalue weighted by atomic mass is 10.4. The predicted octanol–water partition coefficient (Wildman–Crippen LogP) is 1.16. The van der Waals surface area contributed by atoms with Gasteiger partial charge in [-0.2, -0.15) is 0 Å². The van der Waals surface area contributed by atoms with Crippen LogP contribution >= 0.6 is 15.9 Å². The maximum Gasteiger partial charge on any atom is 0.291 e. The average molecular weight is 327 g/mol. The van der Waals surface area contributed by atoms with E-state index in [2.05, 4.69) is 31.9 Å². The average Bonchev–Trinajstić information content (AvgIpc) is 2.92. The second-order valence-electron chi connectivity index (χ2n) is 3.89. The van der Waals surface area contributed by atoms with E-state index in [4.69, 9.17) is 4.52 Å². The molecule has 2 aromatic heterocycles. The first-order valence-corrected chi connectivity index (χ1v) is 6.12. The number of hydrazine groups is 1. The van der Waals surface area contributed by atoms with Crippen molar-refractivity contribution in [2.75, 3.05) is 0 Å². The van der Waals surface area contributed by atoms with Crippen molar-refractivity contribution in [2.45, 2.75) is 6.92 Å². The quantitative estimate of drug-likeness (QED) is 0.810. The summed E-state index contributed by atoms with van der Waals surface area (Å²) in [4.78, 5) is 23.4. The van der Waals surface area contributed by atoms with Crippen molar-refractivity contribution < 1.29 is 14.1 Å². The Balaban J connectivity index is 1.97. The van der Waals surface area contributed by atoms with Crippen LogP contribution in [0.15, 0.2) is 27.3 Å². The van der Waals surface area contributed by atoms with Crippen LogP contribution in [0.2, 0.25) is 0 Å². The summed E-state index contributed by atoms with van der Waals surface area (Å²) in [5.41, 5.74) is 5.06. The lowest BCUT2D eigenvalue weighted by Gasteiger charge is -2.06. The highest BCUT2D eigenvalue weighted by molar-refractivity contribution is 9.10. The van der Waals surface area contributed by atoms with E-state index in [1.807, 2.05) is 0 Å². The zero-order chi connectivity index (χ0) is 14.0. The highest BCUT2D eigenvalue weighted by atomic mass is 79.9. The zero-order valence-corrected chi connectivity index (χ0v) is 11.8. The largest absolute Gasteiger partial charge is 0.361 e. The minimum absolute atomic E-state index is 0.103. The lowest BCUT2D eigenvalue weighted by molar-refractivity contribution is 0.0837. The van der Waals surface area contributed by atoms with Crippen LogP contribution in [0.3, 0.4) is 0 Å². The van der Waals surface area contributed by atoms with Gasteiger partial charge >= 0.3 is 0 Å². The van der Waals surface area contributed by atoms with Crippen molar-refractivity contribution in [3.05, 3.63) is 40.0 Å². The molecule has 0 aliphatic heterocycles. The van der Waals surface area contributed by atoms with Crippen molar-refractivity contribution in [3.63, 3.8) is 0 Å². The summed E-state index contributed by atoms with van der Waals surface area (Å²) in [6.45, 7) is 1.67. The molecule has 0 unspecified atom stereocenters. The van der Waals surface area contributed by atoms with E-state index in [9.17, 15) is 9.59 Å². The fourth-order valence-electron chi connectivity index (χ4n) is 1.46. The van der Waals surface area contributed by atoms with Crippen LogP contribution in [-0.4, -0.2) is 21.5 Å². The first-order chi connectivity index (χ1) is 8.97. The van der Waals surface area contributed by atoms with Gasteiger partial charge in [-0.15, -0.1) is 0 Å². The second kappa shape index (κ2) is 5.27. The highest BCUT2D eigenvalue weighted by Gasteiger charge is 2.14. The van der Waals surface area contributed by atoms with Crippen LogP contribution in [0.5, 0.6) is 0 Å². The molecule has 0 aromatic carbocycles. The predicted molar refractivity (Wildman–Crippen MR) is 69.3 cm³/mol. The van der Waals surface area contributed by atoms with Gasteiger partial charge < -0.3 is 9.09 Å². The van der Waals surface area contributed by atoms with E-state index >= 15 is 0 Å². The highest BCUT2D eigenvalue weighted by Crippen LogP contribution is 2.13. The van der Waals surface area contributed by atoms with Crippen molar-refractivity contribution in [3.8, 4) is 0 Å². The van der Waals surface area contributed by atoms with Gasteiger partial charge in [-0.1, -0.05) is 5.16 Å². The number of halogens is 1. The summed E-state index contributed by atoms with van der Waals surface area (Å²) >= 11 is 3.26. The molecule has 100 valence electrons. The summed E-state index contributed by atoms with van der Waals surface area (Å²) in [6, 6.07) is 3.11. The van der Waals surface area contributed by atoms with Crippen LogP contribution < -0.4 is 10.9 Å². The molecule has 0 aliphatic carbocycles. The molecule has 0 saturated heterocycles. The van der Waals surface area contributed by atoms with Crippen LogP contribution in [0.1, 0.15) is 26.7 Å². The first-order valence-electron chi connectivity index (χ1n) is 5.33. The number of aryl methyl sites for hydroxylation is 2. The van der Waals surface area contributed by atoms with Crippen molar-refractivity contribution in [1.29, 1.82) is 0 Å². The van der Waals surface area contributed by atoms with Crippen molar-refractivity contribution >= 4 is 27.7 Å². The number of hydrogen-bond donors (Lipinski definition) is 2. The Morgan fingerprint density at radius 3 is 2.53 bits per heavy atom. The fraction of sp³-hybridized carbons (Fsp3) is 0.182. The molecule has 0 bridgehead atoms. The molecule has 7 nitrogen and oxygen atoms in total. The van der Waals surface area contributed by atoms with Crippen LogP contribution in [0.25, 0.3) is 0 Å². The minimum Gasteiger partial charge on any atom is -0.361 e. The molecule has 0 aliphatic rings. The van der Waals surface area contributed by atoms with Crippen molar-refractivity contribution in [2.24, 2.45) is 7.05 Å². The molecule has 2 aromatic rings. The Morgan fingerprint density at radius 1 is 1.32 bits per heavy atom. The smallest absolute Gasteiger partial charge is 0.291 e. The third-order valence-corrected chi connectivity index (χ3v) is 2.79. The monoisotopic (exact) mass is 326 g/mol. The fourth-order valence-corrected chi connectivity index (χ4v) is 1.99. The maximum atomic E-state index is 11.8. The Morgan fingerprint density at radius 2 is 2.00 bits per heavy atom. The summed E-state index contributed by atoms with van der Waals surface area (Å²) in [6.07, 6.45) is 1.73. The Kier molecular flexibility index (Phi) is 3.70. The molecule has 8 heteroatoms. The summed E-state index contributed by atoms with van der Waals surface area (Å²) in [7, 11) is 1.72. The zero-order valence-electron chi connectivity index (χ0n) is 10.2. The third-order valence-electron chi connectivity index (χ3n) is 2.35. The number of amides is 2. The van der Waals surface area contributed by atoms with Gasteiger partial charge in [0.15, 0.2) is 5.69 Å². The number of rotatable bonds is 2. The maximum absolute atomic E-state index is 11.8. The lowest BCUT2D eigenvalue weighted by Crippen LogP contribution is -2.42. The Bertz CT molecular complexity index is 632. The van der Waals surface area contributed by atoms with E-state index in [-0.39, 0.29) is 5.69 Å². The third kappa shape index (κ3) is 3.02. The van der Waals surface area contributed by atoms with Gasteiger partial charge in [0.2, 0.25) is 0 Å². The van der Waals surface area contributed by atoms with Crippen LogP contribution in [-0.2, 0) is 7.05 Å². The van der Waals surface area contributed by atoms with Gasteiger partial charge in [0.1, 0.15) is 11.5 Å². The van der Waals surface area contributed by atoms with E-state index < -0.39 is 11.8 Å². The standard InChI is InChI=1S/C11H11BrN4O3/c1-6-3-8(15-19-6)10(17)13-14-11(18)9-4-7(12)5-16(9)2/h3-5H,1-2H3,(H,13,17)(H,14,18). The number of aromatic nitrogens is 2. The molecular formula is C11H11BrN4O3. The molecule has 2 amide bonds. The molecule has 2 rings (SSSR count).